The average Bonchev–Trinajstić information content (AvgIpc) is 1.91. The zero-order chi connectivity index (χ0) is 6.53. The number of H-pyrrole nitrogens is 1. The first-order valence-electron chi connectivity index (χ1n) is 2.57. The number of hydrogen-bond acceptors (Lipinski definition) is 2. The van der Waals surface area contributed by atoms with Crippen LogP contribution in [0.15, 0.2) is 29.7 Å². The molecular formula is C6H7ClN2O. The SMILES string of the molecule is ON=Cc1cc[nH+]cc1.[Cl-]. The highest BCUT2D eigenvalue weighted by Crippen LogP contribution is 1.86. The Morgan fingerprint density at radius 1 is 1.40 bits per heavy atom. The van der Waals surface area contributed by atoms with Gasteiger partial charge in [0, 0.05) is 17.7 Å². The summed E-state index contributed by atoms with van der Waals surface area (Å²) in [5, 5.41) is 10.9. The van der Waals surface area contributed by atoms with Crippen molar-refractivity contribution < 1.29 is 22.6 Å². The van der Waals surface area contributed by atoms with Crippen molar-refractivity contribution in [1.29, 1.82) is 0 Å². The van der Waals surface area contributed by atoms with Gasteiger partial charge in [-0.05, 0) is 0 Å². The molecule has 0 aliphatic rings. The van der Waals surface area contributed by atoms with Gasteiger partial charge >= 0.3 is 0 Å². The van der Waals surface area contributed by atoms with Crippen LogP contribution in [0.1, 0.15) is 5.56 Å². The fraction of sp³-hybridized carbons (Fsp3) is 0. The fourth-order valence-electron chi connectivity index (χ4n) is 0.553. The maximum Gasteiger partial charge on any atom is 0.167 e. The summed E-state index contributed by atoms with van der Waals surface area (Å²) in [6.07, 6.45) is 4.89. The van der Waals surface area contributed by atoms with Crippen LogP contribution in [-0.2, 0) is 0 Å². The molecule has 0 amide bonds. The van der Waals surface area contributed by atoms with E-state index in [1.54, 1.807) is 24.5 Å². The van der Waals surface area contributed by atoms with E-state index in [1.807, 2.05) is 0 Å². The molecule has 0 atom stereocenters. The summed E-state index contributed by atoms with van der Waals surface area (Å²) >= 11 is 0. The van der Waals surface area contributed by atoms with Gasteiger partial charge in [-0.15, -0.1) is 0 Å². The highest BCUT2D eigenvalue weighted by atomic mass is 35.5. The standard InChI is InChI=1S/C6H6N2O.ClH/c9-8-5-6-1-3-7-4-2-6;/h1-5,9H;1H. The zero-order valence-corrected chi connectivity index (χ0v) is 5.92. The Balaban J connectivity index is 0.000000810. The van der Waals surface area contributed by atoms with Crippen LogP contribution < -0.4 is 17.4 Å². The Morgan fingerprint density at radius 2 is 2.00 bits per heavy atom. The molecule has 0 saturated carbocycles. The second-order valence-electron chi connectivity index (χ2n) is 1.58. The Kier molecular flexibility index (Phi) is 4.24. The molecule has 0 radical (unpaired) electrons. The lowest BCUT2D eigenvalue weighted by Crippen LogP contribution is -3.00. The summed E-state index contributed by atoms with van der Waals surface area (Å²) in [6, 6.07) is 3.61. The average molecular weight is 159 g/mol. The molecule has 1 aromatic heterocycles. The van der Waals surface area contributed by atoms with Crippen LogP contribution in [-0.4, -0.2) is 11.4 Å². The van der Waals surface area contributed by atoms with E-state index in [0.717, 1.165) is 5.56 Å². The van der Waals surface area contributed by atoms with Crippen LogP contribution in [0.2, 0.25) is 0 Å². The summed E-state index contributed by atoms with van der Waals surface area (Å²) in [7, 11) is 0. The molecule has 0 saturated heterocycles. The first-order valence-corrected chi connectivity index (χ1v) is 2.57. The molecule has 4 heteroatoms. The van der Waals surface area contributed by atoms with Gasteiger partial charge in [-0.2, -0.15) is 0 Å². The lowest BCUT2D eigenvalue weighted by Gasteiger charge is -1.80. The molecule has 0 fully saturated rings. The fourth-order valence-corrected chi connectivity index (χ4v) is 0.553. The maximum atomic E-state index is 8.08. The van der Waals surface area contributed by atoms with Gasteiger partial charge in [0.05, 0.1) is 6.21 Å². The van der Waals surface area contributed by atoms with E-state index in [0.29, 0.717) is 0 Å². The van der Waals surface area contributed by atoms with Crippen molar-refractivity contribution in [1.82, 2.24) is 0 Å². The predicted molar refractivity (Wildman–Crippen MR) is 32.4 cm³/mol. The lowest BCUT2D eigenvalue weighted by molar-refractivity contribution is -0.378. The van der Waals surface area contributed by atoms with E-state index in [-0.39, 0.29) is 12.4 Å². The van der Waals surface area contributed by atoms with Gasteiger partial charge in [0.2, 0.25) is 0 Å². The Hall–Kier alpha value is -1.09. The number of pyridine rings is 1. The number of oxime groups is 1. The minimum Gasteiger partial charge on any atom is -1.00 e. The van der Waals surface area contributed by atoms with Crippen LogP contribution >= 0.6 is 0 Å². The van der Waals surface area contributed by atoms with Crippen molar-refractivity contribution in [2.24, 2.45) is 5.16 Å². The molecule has 0 unspecified atom stereocenters. The van der Waals surface area contributed by atoms with Crippen LogP contribution in [0.3, 0.4) is 0 Å². The van der Waals surface area contributed by atoms with Gasteiger partial charge in [-0.25, -0.2) is 4.98 Å². The Bertz CT molecular complexity index is 200. The molecule has 0 aliphatic carbocycles. The normalized spacial score (nSPS) is 9.20. The molecule has 0 spiro atoms. The summed E-state index contributed by atoms with van der Waals surface area (Å²) < 4.78 is 0. The third-order valence-electron chi connectivity index (χ3n) is 0.951. The monoisotopic (exact) mass is 158 g/mol. The molecule has 0 aromatic carbocycles. The number of hydrogen-bond donors (Lipinski definition) is 1. The zero-order valence-electron chi connectivity index (χ0n) is 5.16. The van der Waals surface area contributed by atoms with Gasteiger partial charge in [-0.1, -0.05) is 5.16 Å². The van der Waals surface area contributed by atoms with Gasteiger partial charge in [0.15, 0.2) is 12.4 Å². The predicted octanol–water partition coefficient (Wildman–Crippen LogP) is -2.69. The molecule has 1 rings (SSSR count). The molecule has 0 aliphatic heterocycles. The van der Waals surface area contributed by atoms with E-state index < -0.39 is 0 Å². The maximum absolute atomic E-state index is 8.08. The number of rotatable bonds is 1. The van der Waals surface area contributed by atoms with Crippen LogP contribution in [0.5, 0.6) is 0 Å². The van der Waals surface area contributed by atoms with E-state index in [1.165, 1.54) is 6.21 Å². The van der Waals surface area contributed by atoms with Crippen LogP contribution in [0.4, 0.5) is 0 Å². The van der Waals surface area contributed by atoms with Crippen LogP contribution in [0.25, 0.3) is 0 Å². The van der Waals surface area contributed by atoms with Crippen molar-refractivity contribution in [2.45, 2.75) is 0 Å². The van der Waals surface area contributed by atoms with E-state index in [2.05, 4.69) is 10.1 Å². The summed E-state index contributed by atoms with van der Waals surface area (Å²) in [4.78, 5) is 2.85. The van der Waals surface area contributed by atoms with Crippen molar-refractivity contribution in [3.05, 3.63) is 30.1 Å². The summed E-state index contributed by atoms with van der Waals surface area (Å²) in [6.45, 7) is 0. The molecule has 1 aromatic rings. The third kappa shape index (κ3) is 2.46. The van der Waals surface area contributed by atoms with Crippen molar-refractivity contribution in [3.8, 4) is 0 Å². The largest absolute Gasteiger partial charge is 1.00 e. The molecule has 54 valence electrons. The molecule has 10 heavy (non-hydrogen) atoms. The quantitative estimate of drug-likeness (QED) is 0.270. The minimum atomic E-state index is 0. The molecule has 3 nitrogen and oxygen atoms in total. The summed E-state index contributed by atoms with van der Waals surface area (Å²) in [5.74, 6) is 0. The molecular weight excluding hydrogens is 152 g/mol. The van der Waals surface area contributed by atoms with Crippen LogP contribution in [0, 0.1) is 0 Å². The van der Waals surface area contributed by atoms with Crippen molar-refractivity contribution in [3.63, 3.8) is 0 Å². The van der Waals surface area contributed by atoms with E-state index in [4.69, 9.17) is 5.21 Å². The van der Waals surface area contributed by atoms with E-state index in [9.17, 15) is 0 Å². The van der Waals surface area contributed by atoms with Crippen molar-refractivity contribution in [2.75, 3.05) is 0 Å². The number of halogens is 1. The first-order chi connectivity index (χ1) is 4.43. The smallest absolute Gasteiger partial charge is 0.167 e. The molecule has 1 heterocycles. The third-order valence-corrected chi connectivity index (χ3v) is 0.951. The number of aromatic amines is 1. The highest BCUT2D eigenvalue weighted by molar-refractivity contribution is 5.78. The molecule has 2 N–H and O–H groups in total. The van der Waals surface area contributed by atoms with Crippen molar-refractivity contribution >= 4 is 6.21 Å². The Labute approximate surface area is 64.8 Å². The molecule has 0 bridgehead atoms. The topological polar surface area (TPSA) is 46.7 Å². The number of nitrogens with one attached hydrogen (secondary N) is 1. The lowest BCUT2D eigenvalue weighted by atomic mass is 10.3. The number of nitrogens with zero attached hydrogens (tertiary/aromatic N) is 1. The highest BCUT2D eigenvalue weighted by Gasteiger charge is 1.84. The second kappa shape index (κ2) is 4.76. The van der Waals surface area contributed by atoms with Gasteiger partial charge in [0.25, 0.3) is 0 Å². The minimum absolute atomic E-state index is 0. The Morgan fingerprint density at radius 3 is 2.50 bits per heavy atom. The van der Waals surface area contributed by atoms with Gasteiger partial charge in [0.1, 0.15) is 0 Å². The number of aromatic nitrogens is 1. The second-order valence-corrected chi connectivity index (χ2v) is 1.58. The summed E-state index contributed by atoms with van der Waals surface area (Å²) in [5.41, 5.74) is 0.872. The van der Waals surface area contributed by atoms with Gasteiger partial charge < -0.3 is 17.6 Å². The van der Waals surface area contributed by atoms with Gasteiger partial charge in [-0.3, -0.25) is 0 Å². The van der Waals surface area contributed by atoms with E-state index >= 15 is 0 Å². The first kappa shape index (κ1) is 8.91.